The van der Waals surface area contributed by atoms with Gasteiger partial charge in [0, 0.05) is 43.3 Å². The van der Waals surface area contributed by atoms with E-state index in [0.717, 1.165) is 37.4 Å². The van der Waals surface area contributed by atoms with E-state index < -0.39 is 0 Å². The Bertz CT molecular complexity index is 574. The second-order valence-electron chi connectivity index (χ2n) is 5.29. The van der Waals surface area contributed by atoms with Gasteiger partial charge < -0.3 is 9.47 Å². The van der Waals surface area contributed by atoms with Gasteiger partial charge in [0.1, 0.15) is 12.4 Å². The molecular weight excluding hydrogens is 254 g/mol. The highest BCUT2D eigenvalue weighted by Crippen LogP contribution is 2.25. The molecule has 3 heterocycles. The van der Waals surface area contributed by atoms with Crippen LogP contribution < -0.4 is 0 Å². The second kappa shape index (κ2) is 5.48. The lowest BCUT2D eigenvalue weighted by Gasteiger charge is -2.32. The van der Waals surface area contributed by atoms with E-state index >= 15 is 0 Å². The van der Waals surface area contributed by atoms with Gasteiger partial charge in [0.05, 0.1) is 0 Å². The Balaban J connectivity index is 1.65. The van der Waals surface area contributed by atoms with Gasteiger partial charge in [0.15, 0.2) is 0 Å². The first-order chi connectivity index (χ1) is 9.74. The van der Waals surface area contributed by atoms with Crippen LogP contribution in [0.1, 0.15) is 30.3 Å². The average Bonchev–Trinajstić information content (AvgIpc) is 3.12. The van der Waals surface area contributed by atoms with Gasteiger partial charge in [-0.05, 0) is 25.8 Å². The van der Waals surface area contributed by atoms with Gasteiger partial charge >= 0.3 is 0 Å². The molecule has 6 nitrogen and oxygen atoms in total. The lowest BCUT2D eigenvalue weighted by atomic mass is 9.95. The number of hydrogen-bond acceptors (Lipinski definition) is 3. The molecule has 1 aliphatic rings. The smallest absolute Gasteiger partial charge is 0.242 e. The van der Waals surface area contributed by atoms with Crippen molar-refractivity contribution in [2.75, 3.05) is 13.1 Å². The number of rotatable bonds is 3. The van der Waals surface area contributed by atoms with Gasteiger partial charge in [0.25, 0.3) is 0 Å². The van der Waals surface area contributed by atoms with Crippen LogP contribution in [0.3, 0.4) is 0 Å². The van der Waals surface area contributed by atoms with Gasteiger partial charge in [-0.3, -0.25) is 9.89 Å². The molecule has 2 aromatic rings. The van der Waals surface area contributed by atoms with Gasteiger partial charge in [0.2, 0.25) is 5.91 Å². The van der Waals surface area contributed by atoms with Crippen molar-refractivity contribution in [2.24, 2.45) is 0 Å². The van der Waals surface area contributed by atoms with E-state index in [9.17, 15) is 4.79 Å². The molecule has 1 fully saturated rings. The van der Waals surface area contributed by atoms with Crippen molar-refractivity contribution in [3.05, 3.63) is 36.2 Å². The van der Waals surface area contributed by atoms with Crippen molar-refractivity contribution in [3.63, 3.8) is 0 Å². The molecule has 0 radical (unpaired) electrons. The Hall–Kier alpha value is -2.11. The highest BCUT2D eigenvalue weighted by atomic mass is 16.2. The van der Waals surface area contributed by atoms with Gasteiger partial charge in [-0.25, -0.2) is 4.98 Å². The van der Waals surface area contributed by atoms with E-state index in [1.54, 1.807) is 12.4 Å². The molecule has 0 spiro atoms. The maximum absolute atomic E-state index is 12.4. The molecule has 6 heteroatoms. The highest BCUT2D eigenvalue weighted by Gasteiger charge is 2.25. The summed E-state index contributed by atoms with van der Waals surface area (Å²) in [6.07, 6.45) is 7.50. The van der Waals surface area contributed by atoms with Crippen LogP contribution >= 0.6 is 0 Å². The molecule has 106 valence electrons. The van der Waals surface area contributed by atoms with Crippen LogP contribution in [-0.2, 0) is 11.3 Å². The second-order valence-corrected chi connectivity index (χ2v) is 5.29. The third-order valence-corrected chi connectivity index (χ3v) is 3.97. The molecule has 1 unspecified atom stereocenters. The lowest BCUT2D eigenvalue weighted by molar-refractivity contribution is -0.133. The van der Waals surface area contributed by atoms with Crippen molar-refractivity contribution in [1.82, 2.24) is 24.6 Å². The van der Waals surface area contributed by atoms with Crippen LogP contribution in [0, 0.1) is 6.92 Å². The highest BCUT2D eigenvalue weighted by molar-refractivity contribution is 5.76. The number of amides is 1. The van der Waals surface area contributed by atoms with Crippen LogP contribution in [0.5, 0.6) is 0 Å². The van der Waals surface area contributed by atoms with Gasteiger partial charge in [-0.2, -0.15) is 5.10 Å². The fourth-order valence-electron chi connectivity index (χ4n) is 2.77. The maximum Gasteiger partial charge on any atom is 0.242 e. The van der Waals surface area contributed by atoms with Crippen molar-refractivity contribution in [1.29, 1.82) is 0 Å². The molecule has 0 saturated carbocycles. The minimum atomic E-state index is 0.162. The number of aromatic nitrogens is 4. The van der Waals surface area contributed by atoms with E-state index in [2.05, 4.69) is 15.2 Å². The fourth-order valence-corrected chi connectivity index (χ4v) is 2.77. The molecular formula is C14H19N5O. The largest absolute Gasteiger partial charge is 0.340 e. The first-order valence-electron chi connectivity index (χ1n) is 6.99. The van der Waals surface area contributed by atoms with Crippen molar-refractivity contribution in [2.45, 2.75) is 32.2 Å². The number of carbonyl (C=O) groups excluding carboxylic acids is 1. The number of H-pyrrole nitrogens is 1. The fraction of sp³-hybridized carbons (Fsp3) is 0.500. The Morgan fingerprint density at radius 3 is 3.10 bits per heavy atom. The van der Waals surface area contributed by atoms with Crippen molar-refractivity contribution < 1.29 is 4.79 Å². The summed E-state index contributed by atoms with van der Waals surface area (Å²) < 4.78 is 1.89. The van der Waals surface area contributed by atoms with Gasteiger partial charge in [-0.15, -0.1) is 0 Å². The monoisotopic (exact) mass is 273 g/mol. The minimum absolute atomic E-state index is 0.162. The summed E-state index contributed by atoms with van der Waals surface area (Å²) in [7, 11) is 0. The summed E-state index contributed by atoms with van der Waals surface area (Å²) in [5.41, 5.74) is 1.13. The molecule has 1 amide bonds. The number of piperidine rings is 1. The normalized spacial score (nSPS) is 19.2. The first kappa shape index (κ1) is 12.9. The van der Waals surface area contributed by atoms with E-state index in [-0.39, 0.29) is 5.91 Å². The summed E-state index contributed by atoms with van der Waals surface area (Å²) in [6.45, 7) is 3.91. The predicted octanol–water partition coefficient (Wildman–Crippen LogP) is 1.32. The van der Waals surface area contributed by atoms with Crippen molar-refractivity contribution >= 4 is 5.91 Å². The van der Waals surface area contributed by atoms with E-state index in [1.807, 2.05) is 28.7 Å². The molecule has 3 rings (SSSR count). The third-order valence-electron chi connectivity index (χ3n) is 3.97. The summed E-state index contributed by atoms with van der Waals surface area (Å²) >= 11 is 0. The Morgan fingerprint density at radius 2 is 2.40 bits per heavy atom. The molecule has 1 N–H and O–H groups in total. The van der Waals surface area contributed by atoms with Crippen LogP contribution in [0.25, 0.3) is 0 Å². The molecule has 1 saturated heterocycles. The first-order valence-corrected chi connectivity index (χ1v) is 6.99. The summed E-state index contributed by atoms with van der Waals surface area (Å²) in [5, 5.41) is 7.02. The zero-order chi connectivity index (χ0) is 13.9. The topological polar surface area (TPSA) is 66.8 Å². The standard InChI is InChI=1S/C14H19N5O/c1-11-15-6-8-18(11)10-14(20)19-7-2-3-12(9-19)13-4-5-16-17-13/h4-6,8,12H,2-3,7,9-10H2,1H3,(H,16,17). The molecule has 0 aromatic carbocycles. The van der Waals surface area contributed by atoms with E-state index in [1.165, 1.54) is 0 Å². The quantitative estimate of drug-likeness (QED) is 0.917. The van der Waals surface area contributed by atoms with Crippen LogP contribution in [0.2, 0.25) is 0 Å². The number of hydrogen-bond donors (Lipinski definition) is 1. The van der Waals surface area contributed by atoms with Crippen LogP contribution in [-0.4, -0.2) is 43.6 Å². The Labute approximate surface area is 117 Å². The SMILES string of the molecule is Cc1nccn1CC(=O)N1CCCC(c2ccn[nH]2)C1. The molecule has 1 aliphatic heterocycles. The molecule has 1 atom stereocenters. The number of carbonyl (C=O) groups is 1. The number of imidazole rings is 1. The zero-order valence-electron chi connectivity index (χ0n) is 11.6. The molecule has 0 aliphatic carbocycles. The van der Waals surface area contributed by atoms with Crippen LogP contribution in [0.15, 0.2) is 24.7 Å². The number of likely N-dealkylation sites (tertiary alicyclic amines) is 1. The zero-order valence-corrected chi connectivity index (χ0v) is 11.6. The number of aryl methyl sites for hydroxylation is 1. The predicted molar refractivity (Wildman–Crippen MR) is 74.1 cm³/mol. The summed E-state index contributed by atoms with van der Waals surface area (Å²) in [4.78, 5) is 18.5. The molecule has 20 heavy (non-hydrogen) atoms. The van der Waals surface area contributed by atoms with Crippen molar-refractivity contribution in [3.8, 4) is 0 Å². The summed E-state index contributed by atoms with van der Waals surface area (Å²) in [5.74, 6) is 1.41. The Morgan fingerprint density at radius 1 is 1.50 bits per heavy atom. The Kier molecular flexibility index (Phi) is 3.54. The average molecular weight is 273 g/mol. The lowest BCUT2D eigenvalue weighted by Crippen LogP contribution is -2.41. The third kappa shape index (κ3) is 2.59. The molecule has 0 bridgehead atoms. The number of nitrogens with zero attached hydrogens (tertiary/aromatic N) is 4. The van der Waals surface area contributed by atoms with E-state index in [0.29, 0.717) is 12.5 Å². The van der Waals surface area contributed by atoms with E-state index in [4.69, 9.17) is 0 Å². The number of nitrogens with one attached hydrogen (secondary N) is 1. The van der Waals surface area contributed by atoms with Gasteiger partial charge in [-0.1, -0.05) is 0 Å². The maximum atomic E-state index is 12.4. The van der Waals surface area contributed by atoms with Crippen LogP contribution in [0.4, 0.5) is 0 Å². The molecule has 2 aromatic heterocycles. The number of aromatic amines is 1. The summed E-state index contributed by atoms with van der Waals surface area (Å²) in [6, 6.07) is 2.00. The minimum Gasteiger partial charge on any atom is -0.340 e.